The van der Waals surface area contributed by atoms with Crippen LogP contribution in [0.1, 0.15) is 5.56 Å². The molecule has 24 heavy (non-hydrogen) atoms. The molecule has 8 nitrogen and oxygen atoms in total. The van der Waals surface area contributed by atoms with E-state index in [1.807, 2.05) is 0 Å². The average molecular weight is 325 g/mol. The lowest BCUT2D eigenvalue weighted by atomic mass is 10.1. The Labute approximate surface area is 136 Å². The lowest BCUT2D eigenvalue weighted by molar-refractivity contribution is -0.384. The Bertz CT molecular complexity index is 811. The van der Waals surface area contributed by atoms with Crippen molar-refractivity contribution in [3.05, 3.63) is 70.3 Å². The highest BCUT2D eigenvalue weighted by Crippen LogP contribution is 2.18. The molecule has 0 aromatic heterocycles. The zero-order valence-corrected chi connectivity index (χ0v) is 12.2. The van der Waals surface area contributed by atoms with Gasteiger partial charge in [0.2, 0.25) is 6.41 Å². The molecule has 2 aromatic carbocycles. The molecule has 0 heterocycles. The van der Waals surface area contributed by atoms with Gasteiger partial charge < -0.3 is 0 Å². The third-order valence-corrected chi connectivity index (χ3v) is 3.06. The van der Waals surface area contributed by atoms with Crippen LogP contribution in [-0.4, -0.2) is 23.2 Å². The second-order valence-electron chi connectivity index (χ2n) is 4.53. The number of hydrogen-bond acceptors (Lipinski definition) is 5. The third kappa shape index (κ3) is 3.70. The first-order valence-corrected chi connectivity index (χ1v) is 6.67. The minimum atomic E-state index is -0.832. The molecule has 0 spiro atoms. The van der Waals surface area contributed by atoms with Gasteiger partial charge in [0.1, 0.15) is 11.5 Å². The second-order valence-corrected chi connectivity index (χ2v) is 4.53. The molecule has 0 radical (unpaired) electrons. The Morgan fingerprint density at radius 3 is 2.25 bits per heavy atom. The fraction of sp³-hybridized carbons (Fsp3) is 0. The molecule has 8 heteroatoms. The Morgan fingerprint density at radius 1 is 1.12 bits per heavy atom. The van der Waals surface area contributed by atoms with Crippen molar-refractivity contribution in [3.8, 4) is 0 Å². The van der Waals surface area contributed by atoms with Crippen molar-refractivity contribution in [2.45, 2.75) is 0 Å². The van der Waals surface area contributed by atoms with Gasteiger partial charge in [-0.05, 0) is 17.7 Å². The molecular weight excluding hydrogens is 314 g/mol. The smallest absolute Gasteiger partial charge is 0.276 e. The van der Waals surface area contributed by atoms with Crippen LogP contribution >= 0.6 is 0 Å². The van der Waals surface area contributed by atoms with Crippen LogP contribution in [0.25, 0.3) is 5.57 Å². The van der Waals surface area contributed by atoms with Gasteiger partial charge in [-0.15, -0.1) is 0 Å². The number of nitrogens with zero attached hydrogens (tertiary/aromatic N) is 2. The minimum absolute atomic E-state index is 0.159. The van der Waals surface area contributed by atoms with Crippen molar-refractivity contribution in [2.24, 2.45) is 0 Å². The van der Waals surface area contributed by atoms with Crippen molar-refractivity contribution in [1.29, 1.82) is 0 Å². The van der Waals surface area contributed by atoms with Gasteiger partial charge in [0.25, 0.3) is 11.6 Å². The maximum absolute atomic E-state index is 12.2. The van der Waals surface area contributed by atoms with Gasteiger partial charge in [-0.1, -0.05) is 30.3 Å². The number of non-ortho nitro benzene ring substituents is 1. The summed E-state index contributed by atoms with van der Waals surface area (Å²) in [6, 6.07) is 13.1. The number of carbonyl (C=O) groups excluding carboxylic acids is 3. The van der Waals surface area contributed by atoms with E-state index in [0.717, 1.165) is 5.01 Å². The minimum Gasteiger partial charge on any atom is -0.276 e. The summed E-state index contributed by atoms with van der Waals surface area (Å²) in [5, 5.41) is 11.4. The molecule has 2 amide bonds. The van der Waals surface area contributed by atoms with Gasteiger partial charge >= 0.3 is 0 Å². The van der Waals surface area contributed by atoms with Crippen molar-refractivity contribution in [2.75, 3.05) is 5.01 Å². The van der Waals surface area contributed by atoms with Crippen LogP contribution in [0, 0.1) is 10.1 Å². The normalized spacial score (nSPS) is 9.50. The largest absolute Gasteiger partial charge is 0.282 e. The number of rotatable bonds is 6. The summed E-state index contributed by atoms with van der Waals surface area (Å²) < 4.78 is 0. The summed E-state index contributed by atoms with van der Waals surface area (Å²) in [5.41, 5.74) is 2.35. The number of carbonyl (C=O) groups is 2. The maximum Gasteiger partial charge on any atom is 0.282 e. The van der Waals surface area contributed by atoms with Crippen LogP contribution in [0.3, 0.4) is 0 Å². The molecule has 0 aliphatic carbocycles. The van der Waals surface area contributed by atoms with E-state index in [4.69, 9.17) is 0 Å². The standard InChI is InChI=1S/C16H11N3O5/c20-10-15(12-4-2-1-3-5-12)16(22)17-18(11-21)13-6-8-14(9-7-13)19(23)24/h1-9,11H,(H,17,22). The summed E-state index contributed by atoms with van der Waals surface area (Å²) >= 11 is 0. The molecule has 1 N–H and O–H groups in total. The molecule has 0 fully saturated rings. The summed E-state index contributed by atoms with van der Waals surface area (Å²) in [6.07, 6.45) is 0.312. The Morgan fingerprint density at radius 2 is 1.75 bits per heavy atom. The lowest BCUT2D eigenvalue weighted by Crippen LogP contribution is -2.42. The highest BCUT2D eigenvalue weighted by Gasteiger charge is 2.17. The molecule has 0 unspecified atom stereocenters. The van der Waals surface area contributed by atoms with Crippen LogP contribution in [-0.2, 0) is 14.4 Å². The number of nitrogens with one attached hydrogen (secondary N) is 1. The monoisotopic (exact) mass is 325 g/mol. The van der Waals surface area contributed by atoms with E-state index in [0.29, 0.717) is 12.0 Å². The number of nitro groups is 1. The number of hydrazine groups is 1. The predicted octanol–water partition coefficient (Wildman–Crippen LogP) is 1.50. The molecule has 0 saturated carbocycles. The van der Waals surface area contributed by atoms with Crippen molar-refractivity contribution in [1.82, 2.24) is 5.43 Å². The summed E-state index contributed by atoms with van der Waals surface area (Å²) in [6.45, 7) is 0. The van der Waals surface area contributed by atoms with E-state index in [2.05, 4.69) is 5.43 Å². The van der Waals surface area contributed by atoms with E-state index in [9.17, 15) is 24.5 Å². The second kappa shape index (κ2) is 7.48. The summed E-state index contributed by atoms with van der Waals surface area (Å²) in [5.74, 6) is 0.714. The van der Waals surface area contributed by atoms with Gasteiger partial charge in [0, 0.05) is 12.1 Å². The van der Waals surface area contributed by atoms with E-state index in [-0.39, 0.29) is 16.9 Å². The fourth-order valence-electron chi connectivity index (χ4n) is 1.89. The van der Waals surface area contributed by atoms with E-state index in [1.165, 1.54) is 24.3 Å². The van der Waals surface area contributed by atoms with Crippen molar-refractivity contribution >= 4 is 35.2 Å². The Hall–Kier alpha value is -3.77. The number of amides is 2. The zero-order valence-electron chi connectivity index (χ0n) is 12.2. The molecule has 0 bridgehead atoms. The van der Waals surface area contributed by atoms with Crippen molar-refractivity contribution in [3.63, 3.8) is 0 Å². The third-order valence-electron chi connectivity index (χ3n) is 3.06. The van der Waals surface area contributed by atoms with Crippen LogP contribution < -0.4 is 10.4 Å². The van der Waals surface area contributed by atoms with Crippen LogP contribution in [0.4, 0.5) is 11.4 Å². The van der Waals surface area contributed by atoms with E-state index < -0.39 is 10.8 Å². The number of hydrogen-bond donors (Lipinski definition) is 1. The Kier molecular flexibility index (Phi) is 5.17. The van der Waals surface area contributed by atoms with Gasteiger partial charge in [-0.25, -0.2) is 9.80 Å². The van der Waals surface area contributed by atoms with Crippen LogP contribution in [0.5, 0.6) is 0 Å². The van der Waals surface area contributed by atoms with Gasteiger partial charge in [0.05, 0.1) is 10.6 Å². The molecule has 0 aliphatic heterocycles. The summed E-state index contributed by atoms with van der Waals surface area (Å²) in [4.78, 5) is 44.5. The van der Waals surface area contributed by atoms with Crippen molar-refractivity contribution < 1.29 is 19.3 Å². The molecule has 120 valence electrons. The summed E-state index contributed by atoms with van der Waals surface area (Å²) in [7, 11) is 0. The lowest BCUT2D eigenvalue weighted by Gasteiger charge is -2.18. The number of benzene rings is 2. The average Bonchev–Trinajstić information content (AvgIpc) is 2.61. The first-order chi connectivity index (χ1) is 11.6. The number of nitro benzene ring substituents is 1. The van der Waals surface area contributed by atoms with Gasteiger partial charge in [0.15, 0.2) is 0 Å². The van der Waals surface area contributed by atoms with Gasteiger partial charge in [-0.3, -0.25) is 25.1 Å². The highest BCUT2D eigenvalue weighted by atomic mass is 16.6. The SMILES string of the molecule is O=C=C(C(=O)NN(C=O)c1ccc([N+](=O)[O-])cc1)c1ccccc1. The first-order valence-electron chi connectivity index (χ1n) is 6.67. The molecule has 2 aromatic rings. The van der Waals surface area contributed by atoms with Crippen LogP contribution in [0.15, 0.2) is 54.6 Å². The van der Waals surface area contributed by atoms with E-state index in [1.54, 1.807) is 36.3 Å². The van der Waals surface area contributed by atoms with Gasteiger partial charge in [-0.2, -0.15) is 0 Å². The van der Waals surface area contributed by atoms with Crippen LogP contribution in [0.2, 0.25) is 0 Å². The molecular formula is C16H11N3O5. The topological polar surface area (TPSA) is 110 Å². The molecule has 0 atom stereocenters. The first kappa shape index (κ1) is 16.6. The van der Waals surface area contributed by atoms with E-state index >= 15 is 0 Å². The maximum atomic E-state index is 12.2. The fourth-order valence-corrected chi connectivity index (χ4v) is 1.89. The molecule has 0 saturated heterocycles. The number of anilines is 1. The highest BCUT2D eigenvalue weighted by molar-refractivity contribution is 6.28. The zero-order chi connectivity index (χ0) is 17.5. The Balaban J connectivity index is 2.20. The quantitative estimate of drug-likeness (QED) is 0.284. The molecule has 0 aliphatic rings. The predicted molar refractivity (Wildman–Crippen MR) is 85.3 cm³/mol. The molecule has 2 rings (SSSR count).